The highest BCUT2D eigenvalue weighted by Gasteiger charge is 2.30. The molecule has 3 aromatic carbocycles. The monoisotopic (exact) mass is 450 g/mol. The van der Waals surface area contributed by atoms with E-state index in [1.807, 2.05) is 6.07 Å². The molecule has 0 aliphatic carbocycles. The molecule has 5 aromatic rings. The molecule has 5 nitrogen and oxygen atoms in total. The zero-order chi connectivity index (χ0) is 23.2. The average molecular weight is 450 g/mol. The minimum absolute atomic E-state index is 0.0252. The van der Waals surface area contributed by atoms with Gasteiger partial charge < -0.3 is 0 Å². The molecule has 0 amide bonds. The van der Waals surface area contributed by atoms with Gasteiger partial charge in [0.2, 0.25) is 0 Å². The van der Waals surface area contributed by atoms with Crippen molar-refractivity contribution in [1.29, 1.82) is 0 Å². The Hall–Kier alpha value is -4.27. The third-order valence-electron chi connectivity index (χ3n) is 5.17. The summed E-state index contributed by atoms with van der Waals surface area (Å²) >= 11 is 0. The number of hydrogen-bond acceptors (Lipinski definition) is 3. The average Bonchev–Trinajstić information content (AvgIpc) is 3.24. The Bertz CT molecular complexity index is 1520. The fraction of sp³-hybridized carbons (Fsp3) is 0.0417. The van der Waals surface area contributed by atoms with Gasteiger partial charge in [-0.1, -0.05) is 30.3 Å². The molecular weight excluding hydrogens is 436 g/mol. The molecule has 0 aliphatic rings. The van der Waals surface area contributed by atoms with Crippen LogP contribution in [0.15, 0.2) is 89.9 Å². The molecule has 0 atom stereocenters. The maximum Gasteiger partial charge on any atom is 0.416 e. The van der Waals surface area contributed by atoms with Gasteiger partial charge in [-0.2, -0.15) is 18.3 Å². The largest absolute Gasteiger partial charge is 0.416 e. The van der Waals surface area contributed by atoms with Gasteiger partial charge in [-0.05, 0) is 48.5 Å². The Kier molecular flexibility index (Phi) is 4.81. The van der Waals surface area contributed by atoms with E-state index in [-0.39, 0.29) is 28.1 Å². The smallest absolute Gasteiger partial charge is 0.268 e. The number of para-hydroxylation sites is 1. The molecule has 2 aromatic heterocycles. The van der Waals surface area contributed by atoms with Crippen molar-refractivity contribution >= 4 is 11.0 Å². The predicted molar refractivity (Wildman–Crippen MR) is 115 cm³/mol. The summed E-state index contributed by atoms with van der Waals surface area (Å²) in [6, 6.07) is 18.8. The van der Waals surface area contributed by atoms with Crippen molar-refractivity contribution in [3.63, 3.8) is 0 Å². The molecule has 0 saturated heterocycles. The fourth-order valence-electron chi connectivity index (χ4n) is 3.59. The zero-order valence-corrected chi connectivity index (χ0v) is 16.8. The lowest BCUT2D eigenvalue weighted by Gasteiger charge is -2.15. The Balaban J connectivity index is 1.82. The van der Waals surface area contributed by atoms with Gasteiger partial charge in [-0.3, -0.25) is 9.36 Å². The first-order valence-electron chi connectivity index (χ1n) is 9.83. The van der Waals surface area contributed by atoms with Crippen LogP contribution < -0.4 is 5.56 Å². The highest BCUT2D eigenvalue weighted by Crippen LogP contribution is 2.31. The molecule has 0 radical (unpaired) electrons. The number of aromatic nitrogens is 4. The van der Waals surface area contributed by atoms with Crippen molar-refractivity contribution in [2.45, 2.75) is 6.18 Å². The standard InChI is InChI=1S/C24H14F4N4O/c25-20-9-5-4-8-18(20)21-30-22-19(14-29-32(22)17-6-2-1-3-7-17)23(33)31(21)16-12-10-15(11-13-16)24(26,27)28/h1-14H. The van der Waals surface area contributed by atoms with Gasteiger partial charge >= 0.3 is 6.18 Å². The van der Waals surface area contributed by atoms with Gasteiger partial charge in [0.05, 0.1) is 28.7 Å². The Morgan fingerprint density at radius 2 is 1.45 bits per heavy atom. The summed E-state index contributed by atoms with van der Waals surface area (Å²) < 4.78 is 56.4. The number of hydrogen-bond donors (Lipinski definition) is 0. The van der Waals surface area contributed by atoms with Crippen molar-refractivity contribution in [2.24, 2.45) is 0 Å². The van der Waals surface area contributed by atoms with E-state index in [1.54, 1.807) is 30.3 Å². The van der Waals surface area contributed by atoms with E-state index < -0.39 is 23.1 Å². The highest BCUT2D eigenvalue weighted by molar-refractivity contribution is 5.79. The molecule has 9 heteroatoms. The summed E-state index contributed by atoms with van der Waals surface area (Å²) in [5, 5.41) is 4.40. The van der Waals surface area contributed by atoms with Crippen LogP contribution in [0.5, 0.6) is 0 Å². The first-order valence-corrected chi connectivity index (χ1v) is 9.83. The molecule has 0 aliphatic heterocycles. The van der Waals surface area contributed by atoms with Crippen LogP contribution in [0.1, 0.15) is 5.56 Å². The SMILES string of the molecule is O=c1c2cnn(-c3ccccc3)c2nc(-c2ccccc2F)n1-c1ccc(C(F)(F)F)cc1. The second kappa shape index (κ2) is 7.70. The number of nitrogens with zero attached hydrogens (tertiary/aromatic N) is 4. The van der Waals surface area contributed by atoms with E-state index in [0.29, 0.717) is 5.69 Å². The molecule has 0 N–H and O–H groups in total. The van der Waals surface area contributed by atoms with Crippen molar-refractivity contribution in [1.82, 2.24) is 19.3 Å². The van der Waals surface area contributed by atoms with Crippen molar-refractivity contribution < 1.29 is 17.6 Å². The summed E-state index contributed by atoms with van der Waals surface area (Å²) in [5.41, 5.74) is -0.457. The fourth-order valence-corrected chi connectivity index (χ4v) is 3.59. The maximum absolute atomic E-state index is 14.7. The summed E-state index contributed by atoms with van der Waals surface area (Å²) in [7, 11) is 0. The van der Waals surface area contributed by atoms with Crippen molar-refractivity contribution in [3.05, 3.63) is 107 Å². The molecular formula is C24H14F4N4O. The molecule has 0 unspecified atom stereocenters. The first kappa shape index (κ1) is 20.6. The molecule has 2 heterocycles. The van der Waals surface area contributed by atoms with E-state index >= 15 is 0 Å². The minimum Gasteiger partial charge on any atom is -0.268 e. The van der Waals surface area contributed by atoms with Gasteiger partial charge in [0.15, 0.2) is 11.5 Å². The van der Waals surface area contributed by atoms with E-state index in [1.165, 1.54) is 29.1 Å². The molecule has 0 fully saturated rings. The van der Waals surface area contributed by atoms with Gasteiger partial charge in [-0.25, -0.2) is 14.1 Å². The van der Waals surface area contributed by atoms with Crippen LogP contribution in [0.2, 0.25) is 0 Å². The van der Waals surface area contributed by atoms with E-state index in [0.717, 1.165) is 28.8 Å². The zero-order valence-electron chi connectivity index (χ0n) is 16.8. The summed E-state index contributed by atoms with van der Waals surface area (Å²) in [6.07, 6.45) is -3.19. The highest BCUT2D eigenvalue weighted by atomic mass is 19.4. The molecule has 33 heavy (non-hydrogen) atoms. The summed E-state index contributed by atoms with van der Waals surface area (Å²) in [4.78, 5) is 18.0. The van der Waals surface area contributed by atoms with Gasteiger partial charge in [0, 0.05) is 0 Å². The predicted octanol–water partition coefficient (Wildman–Crippen LogP) is 5.40. The second-order valence-corrected chi connectivity index (χ2v) is 7.23. The molecule has 0 bridgehead atoms. The first-order chi connectivity index (χ1) is 15.8. The summed E-state index contributed by atoms with van der Waals surface area (Å²) in [6.45, 7) is 0. The molecule has 0 spiro atoms. The Labute approximate surface area is 184 Å². The number of alkyl halides is 3. The summed E-state index contributed by atoms with van der Waals surface area (Å²) in [5.74, 6) is -0.682. The molecule has 0 saturated carbocycles. The third kappa shape index (κ3) is 3.57. The Morgan fingerprint density at radius 1 is 0.788 bits per heavy atom. The van der Waals surface area contributed by atoms with Crippen LogP contribution in [0, 0.1) is 5.82 Å². The third-order valence-corrected chi connectivity index (χ3v) is 5.17. The normalized spacial score (nSPS) is 11.8. The van der Waals surface area contributed by atoms with Crippen LogP contribution in [-0.4, -0.2) is 19.3 Å². The van der Waals surface area contributed by atoms with Crippen molar-refractivity contribution in [3.8, 4) is 22.8 Å². The molecule has 5 rings (SSSR count). The number of rotatable bonds is 3. The van der Waals surface area contributed by atoms with Crippen LogP contribution >= 0.6 is 0 Å². The number of benzene rings is 3. The van der Waals surface area contributed by atoms with E-state index in [4.69, 9.17) is 0 Å². The van der Waals surface area contributed by atoms with E-state index in [2.05, 4.69) is 10.1 Å². The lowest BCUT2D eigenvalue weighted by molar-refractivity contribution is -0.137. The van der Waals surface area contributed by atoms with Crippen molar-refractivity contribution in [2.75, 3.05) is 0 Å². The number of halogens is 4. The minimum atomic E-state index is -4.53. The number of fused-ring (bicyclic) bond motifs is 1. The molecule has 164 valence electrons. The van der Waals surface area contributed by atoms with Crippen LogP contribution in [0.4, 0.5) is 17.6 Å². The maximum atomic E-state index is 14.7. The lowest BCUT2D eigenvalue weighted by Crippen LogP contribution is -2.22. The van der Waals surface area contributed by atoms with Gasteiger partial charge in [-0.15, -0.1) is 0 Å². The van der Waals surface area contributed by atoms with E-state index in [9.17, 15) is 22.4 Å². The lowest BCUT2D eigenvalue weighted by atomic mass is 10.1. The van der Waals surface area contributed by atoms with Crippen LogP contribution in [0.25, 0.3) is 33.8 Å². The van der Waals surface area contributed by atoms with Crippen LogP contribution in [0.3, 0.4) is 0 Å². The van der Waals surface area contributed by atoms with Gasteiger partial charge in [0.1, 0.15) is 11.2 Å². The quantitative estimate of drug-likeness (QED) is 0.346. The second-order valence-electron chi connectivity index (χ2n) is 7.23. The Morgan fingerprint density at radius 3 is 2.12 bits per heavy atom. The van der Waals surface area contributed by atoms with Crippen LogP contribution in [-0.2, 0) is 6.18 Å². The topological polar surface area (TPSA) is 52.7 Å². The van der Waals surface area contributed by atoms with Gasteiger partial charge in [0.25, 0.3) is 5.56 Å².